The number of hydrogen-bond acceptors (Lipinski definition) is 5. The molecule has 3 aromatic rings. The Balaban J connectivity index is 1.80. The molecule has 1 aliphatic rings. The summed E-state index contributed by atoms with van der Waals surface area (Å²) in [5, 5.41) is 2.51. The zero-order chi connectivity index (χ0) is 22.3. The van der Waals surface area contributed by atoms with Gasteiger partial charge in [-0.05, 0) is 48.7 Å². The monoisotopic (exact) mass is 424 g/mol. The lowest BCUT2D eigenvalue weighted by molar-refractivity contribution is 0.0699. The molecule has 0 saturated heterocycles. The third-order valence-corrected chi connectivity index (χ3v) is 5.34. The molecule has 160 valence electrons. The Morgan fingerprint density at radius 3 is 2.52 bits per heavy atom. The molecular weight excluding hydrogens is 403 g/mol. The number of aromatic nitrogens is 2. The summed E-state index contributed by atoms with van der Waals surface area (Å²) in [7, 11) is 1.46. The summed E-state index contributed by atoms with van der Waals surface area (Å²) in [6, 6.07) is 5.41. The van der Waals surface area contributed by atoms with Crippen molar-refractivity contribution in [3.63, 3.8) is 0 Å². The van der Waals surface area contributed by atoms with Crippen molar-refractivity contribution in [2.75, 3.05) is 13.6 Å². The predicted molar refractivity (Wildman–Crippen MR) is 110 cm³/mol. The number of nitrogens with one attached hydrogen (secondary N) is 1. The number of amides is 2. The van der Waals surface area contributed by atoms with E-state index in [1.54, 1.807) is 24.9 Å². The van der Waals surface area contributed by atoms with E-state index in [0.717, 1.165) is 0 Å². The van der Waals surface area contributed by atoms with Crippen LogP contribution >= 0.6 is 0 Å². The van der Waals surface area contributed by atoms with Crippen molar-refractivity contribution < 1.29 is 18.4 Å². The summed E-state index contributed by atoms with van der Waals surface area (Å²) in [6.07, 6.45) is 1.95. The topological polar surface area (TPSA) is 97.4 Å². The van der Waals surface area contributed by atoms with Gasteiger partial charge >= 0.3 is 0 Å². The lowest BCUT2D eigenvalue weighted by Crippen LogP contribution is -2.40. The zero-order valence-electron chi connectivity index (χ0n) is 17.4. The van der Waals surface area contributed by atoms with Gasteiger partial charge in [0, 0.05) is 38.9 Å². The predicted octanol–water partition coefficient (Wildman–Crippen LogP) is 2.14. The molecule has 0 fully saturated rings. The number of oxazole rings is 1. The van der Waals surface area contributed by atoms with Crippen molar-refractivity contribution in [3.8, 4) is 5.69 Å². The minimum Gasteiger partial charge on any atom is -0.436 e. The number of fused-ring (bicyclic) bond motifs is 1. The molecule has 0 spiro atoms. The standard InChI is InChI=1S/C22H21FN4O4/c1-12-19(31-13(2)25-12)22(30)26-9-8-17-14(10-26)11-27(16-6-4-15(23)5-7-16)21(29)18(17)20(28)24-3/h4-7,11H,8-10H2,1-3H3,(H,24,28). The molecule has 0 radical (unpaired) electrons. The lowest BCUT2D eigenvalue weighted by atomic mass is 9.95. The molecule has 0 atom stereocenters. The quantitative estimate of drug-likeness (QED) is 0.695. The molecule has 1 N–H and O–H groups in total. The summed E-state index contributed by atoms with van der Waals surface area (Å²) in [5.41, 5.74) is 1.74. The maximum Gasteiger partial charge on any atom is 0.291 e. The van der Waals surface area contributed by atoms with Crippen LogP contribution in [-0.4, -0.2) is 39.9 Å². The molecule has 8 nitrogen and oxygen atoms in total. The number of nitrogens with zero attached hydrogens (tertiary/aromatic N) is 3. The lowest BCUT2D eigenvalue weighted by Gasteiger charge is -2.30. The molecule has 9 heteroatoms. The van der Waals surface area contributed by atoms with Gasteiger partial charge in [-0.1, -0.05) is 0 Å². The van der Waals surface area contributed by atoms with Crippen LogP contribution in [-0.2, 0) is 13.0 Å². The third kappa shape index (κ3) is 3.63. The van der Waals surface area contributed by atoms with Crippen LogP contribution in [0.4, 0.5) is 4.39 Å². The fourth-order valence-corrected chi connectivity index (χ4v) is 3.86. The first-order valence-electron chi connectivity index (χ1n) is 9.79. The number of rotatable bonds is 3. The van der Waals surface area contributed by atoms with E-state index < -0.39 is 17.3 Å². The Morgan fingerprint density at radius 1 is 1.19 bits per heavy atom. The first-order valence-corrected chi connectivity index (χ1v) is 9.79. The van der Waals surface area contributed by atoms with Crippen LogP contribution in [0.5, 0.6) is 0 Å². The minimum atomic E-state index is -0.501. The Kier molecular flexibility index (Phi) is 5.18. The number of hydrogen-bond donors (Lipinski definition) is 1. The third-order valence-electron chi connectivity index (χ3n) is 5.34. The van der Waals surface area contributed by atoms with Gasteiger partial charge in [-0.25, -0.2) is 9.37 Å². The molecule has 3 heterocycles. The molecule has 2 amide bonds. The number of aryl methyl sites for hydroxylation is 2. The molecule has 0 unspecified atom stereocenters. The van der Waals surface area contributed by atoms with Crippen molar-refractivity contribution in [1.82, 2.24) is 19.8 Å². The van der Waals surface area contributed by atoms with Gasteiger partial charge in [-0.15, -0.1) is 0 Å². The Hall–Kier alpha value is -3.75. The largest absolute Gasteiger partial charge is 0.436 e. The highest BCUT2D eigenvalue weighted by Crippen LogP contribution is 2.24. The average molecular weight is 424 g/mol. The molecule has 0 saturated carbocycles. The molecular formula is C22H21FN4O4. The fraction of sp³-hybridized carbons (Fsp3) is 0.273. The molecule has 1 aromatic carbocycles. The van der Waals surface area contributed by atoms with Crippen molar-refractivity contribution >= 4 is 11.8 Å². The Morgan fingerprint density at radius 2 is 1.90 bits per heavy atom. The minimum absolute atomic E-state index is 0.0307. The summed E-state index contributed by atoms with van der Waals surface area (Å²) >= 11 is 0. The number of pyridine rings is 1. The van der Waals surface area contributed by atoms with E-state index in [4.69, 9.17) is 4.42 Å². The van der Waals surface area contributed by atoms with Crippen LogP contribution in [0.25, 0.3) is 5.69 Å². The second kappa shape index (κ2) is 7.82. The first-order chi connectivity index (χ1) is 14.8. The van der Waals surface area contributed by atoms with E-state index in [1.165, 1.54) is 35.9 Å². The van der Waals surface area contributed by atoms with Crippen LogP contribution in [0.2, 0.25) is 0 Å². The summed E-state index contributed by atoms with van der Waals surface area (Å²) in [5.74, 6) is -0.649. The normalized spacial score (nSPS) is 13.1. The SMILES string of the molecule is CNC(=O)c1c2c(cn(-c3ccc(F)cc3)c1=O)CN(C(=O)c1oc(C)nc1C)CC2. The van der Waals surface area contributed by atoms with Crippen LogP contribution in [0.15, 0.2) is 39.7 Å². The highest BCUT2D eigenvalue weighted by atomic mass is 19.1. The highest BCUT2D eigenvalue weighted by molar-refractivity contribution is 5.96. The van der Waals surface area contributed by atoms with Gasteiger partial charge in [0.15, 0.2) is 5.89 Å². The smallest absolute Gasteiger partial charge is 0.291 e. The first kappa shape index (κ1) is 20.5. The highest BCUT2D eigenvalue weighted by Gasteiger charge is 2.30. The van der Waals surface area contributed by atoms with E-state index >= 15 is 0 Å². The van der Waals surface area contributed by atoms with Crippen LogP contribution in [0, 0.1) is 19.7 Å². The number of benzene rings is 1. The Bertz CT molecular complexity index is 1240. The second-order valence-electron chi connectivity index (χ2n) is 7.36. The van der Waals surface area contributed by atoms with E-state index in [-0.39, 0.29) is 23.8 Å². The number of halogens is 1. The maximum absolute atomic E-state index is 13.4. The summed E-state index contributed by atoms with van der Waals surface area (Å²) in [6.45, 7) is 3.90. The maximum atomic E-state index is 13.4. The van der Waals surface area contributed by atoms with Crippen molar-refractivity contribution in [2.45, 2.75) is 26.8 Å². The molecule has 31 heavy (non-hydrogen) atoms. The van der Waals surface area contributed by atoms with Gasteiger partial charge < -0.3 is 14.6 Å². The van der Waals surface area contributed by atoms with E-state index in [2.05, 4.69) is 10.3 Å². The van der Waals surface area contributed by atoms with Crippen LogP contribution in [0.1, 0.15) is 43.6 Å². The van der Waals surface area contributed by atoms with Crippen LogP contribution < -0.4 is 10.9 Å². The van der Waals surface area contributed by atoms with Gasteiger partial charge in [-0.2, -0.15) is 0 Å². The van der Waals surface area contributed by atoms with Crippen molar-refractivity contribution in [1.29, 1.82) is 0 Å². The second-order valence-corrected chi connectivity index (χ2v) is 7.36. The van der Waals surface area contributed by atoms with Gasteiger partial charge in [0.05, 0.1) is 5.69 Å². The van der Waals surface area contributed by atoms with Gasteiger partial charge in [-0.3, -0.25) is 19.0 Å². The molecule has 2 aromatic heterocycles. The summed E-state index contributed by atoms with van der Waals surface area (Å²) < 4.78 is 20.1. The van der Waals surface area contributed by atoms with E-state index in [9.17, 15) is 18.8 Å². The van der Waals surface area contributed by atoms with Crippen LogP contribution in [0.3, 0.4) is 0 Å². The molecule has 0 bridgehead atoms. The van der Waals surface area contributed by atoms with Gasteiger partial charge in [0.1, 0.15) is 11.4 Å². The molecule has 1 aliphatic heterocycles. The Labute approximate surface area is 177 Å². The molecule has 0 aliphatic carbocycles. The van der Waals surface area contributed by atoms with E-state index in [1.807, 2.05) is 0 Å². The number of carbonyl (C=O) groups is 2. The number of carbonyl (C=O) groups excluding carboxylic acids is 2. The van der Waals surface area contributed by atoms with Crippen molar-refractivity contribution in [2.24, 2.45) is 0 Å². The fourth-order valence-electron chi connectivity index (χ4n) is 3.86. The molecule has 4 rings (SSSR count). The van der Waals surface area contributed by atoms with Crippen molar-refractivity contribution in [3.05, 3.63) is 80.7 Å². The zero-order valence-corrected chi connectivity index (χ0v) is 17.4. The van der Waals surface area contributed by atoms with E-state index in [0.29, 0.717) is 41.4 Å². The van der Waals surface area contributed by atoms with Gasteiger partial charge in [0.25, 0.3) is 17.4 Å². The average Bonchev–Trinajstić information content (AvgIpc) is 3.10. The van der Waals surface area contributed by atoms with Gasteiger partial charge in [0.2, 0.25) is 5.76 Å². The summed E-state index contributed by atoms with van der Waals surface area (Å²) in [4.78, 5) is 44.4.